The van der Waals surface area contributed by atoms with Crippen LogP contribution in [-0.2, 0) is 6.42 Å². The van der Waals surface area contributed by atoms with Gasteiger partial charge in [0, 0.05) is 16.8 Å². The highest BCUT2D eigenvalue weighted by molar-refractivity contribution is 5.90. The number of rotatable bonds is 3. The number of hydrogen-bond donors (Lipinski definition) is 1. The summed E-state index contributed by atoms with van der Waals surface area (Å²) in [7, 11) is 0. The number of phenolic OH excluding ortho intramolecular Hbond substituents is 1. The standard InChI is InChI=1S/C12H11N3O/c13-15-14-8-7-9-3-1-5-11-10(9)4-2-6-12(11)16/h1-6,16H,7-8H2. The van der Waals surface area contributed by atoms with E-state index in [1.807, 2.05) is 30.3 Å². The van der Waals surface area contributed by atoms with E-state index in [2.05, 4.69) is 10.0 Å². The Hall–Kier alpha value is -2.19. The molecule has 0 aliphatic carbocycles. The number of aromatic hydroxyl groups is 1. The summed E-state index contributed by atoms with van der Waals surface area (Å²) in [5.74, 6) is 0.281. The molecular weight excluding hydrogens is 202 g/mol. The van der Waals surface area contributed by atoms with Gasteiger partial charge in [-0.1, -0.05) is 35.4 Å². The molecular formula is C12H11N3O. The van der Waals surface area contributed by atoms with Crippen LogP contribution in [0.15, 0.2) is 41.5 Å². The zero-order valence-corrected chi connectivity index (χ0v) is 8.67. The number of nitrogens with zero attached hydrogens (tertiary/aromatic N) is 3. The van der Waals surface area contributed by atoms with E-state index in [9.17, 15) is 5.11 Å². The number of benzene rings is 2. The van der Waals surface area contributed by atoms with E-state index < -0.39 is 0 Å². The van der Waals surface area contributed by atoms with Crippen molar-refractivity contribution in [2.75, 3.05) is 6.54 Å². The maximum atomic E-state index is 9.69. The first-order chi connectivity index (χ1) is 7.83. The van der Waals surface area contributed by atoms with Gasteiger partial charge < -0.3 is 5.11 Å². The smallest absolute Gasteiger partial charge is 0.123 e. The minimum absolute atomic E-state index is 0.281. The lowest BCUT2D eigenvalue weighted by atomic mass is 10.0. The lowest BCUT2D eigenvalue weighted by Gasteiger charge is -2.06. The van der Waals surface area contributed by atoms with Gasteiger partial charge in [-0.25, -0.2) is 0 Å². The summed E-state index contributed by atoms with van der Waals surface area (Å²) in [5, 5.41) is 15.0. The van der Waals surface area contributed by atoms with Gasteiger partial charge >= 0.3 is 0 Å². The average molecular weight is 213 g/mol. The first-order valence-corrected chi connectivity index (χ1v) is 5.03. The Morgan fingerprint density at radius 1 is 1.12 bits per heavy atom. The molecule has 2 aromatic carbocycles. The fourth-order valence-electron chi connectivity index (χ4n) is 1.79. The van der Waals surface area contributed by atoms with Crippen LogP contribution in [0.25, 0.3) is 21.2 Å². The van der Waals surface area contributed by atoms with Crippen molar-refractivity contribution in [2.45, 2.75) is 6.42 Å². The molecule has 0 aliphatic rings. The summed E-state index contributed by atoms with van der Waals surface area (Å²) < 4.78 is 0. The van der Waals surface area contributed by atoms with Crippen molar-refractivity contribution in [3.63, 3.8) is 0 Å². The zero-order chi connectivity index (χ0) is 11.4. The van der Waals surface area contributed by atoms with E-state index in [0.717, 1.165) is 16.3 Å². The number of azide groups is 1. The van der Waals surface area contributed by atoms with E-state index in [4.69, 9.17) is 5.53 Å². The monoisotopic (exact) mass is 213 g/mol. The number of fused-ring (bicyclic) bond motifs is 1. The first kappa shape index (κ1) is 10.3. The molecule has 0 heterocycles. The van der Waals surface area contributed by atoms with E-state index in [1.165, 1.54) is 0 Å². The summed E-state index contributed by atoms with van der Waals surface area (Å²) in [4.78, 5) is 2.72. The fourth-order valence-corrected chi connectivity index (χ4v) is 1.79. The van der Waals surface area contributed by atoms with Crippen molar-refractivity contribution in [2.24, 2.45) is 5.11 Å². The Morgan fingerprint density at radius 3 is 2.69 bits per heavy atom. The molecule has 0 unspecified atom stereocenters. The molecule has 2 rings (SSSR count). The maximum Gasteiger partial charge on any atom is 0.123 e. The Kier molecular flexibility index (Phi) is 2.94. The molecule has 16 heavy (non-hydrogen) atoms. The minimum Gasteiger partial charge on any atom is -0.507 e. The van der Waals surface area contributed by atoms with Crippen LogP contribution < -0.4 is 0 Å². The van der Waals surface area contributed by atoms with Crippen molar-refractivity contribution in [1.82, 2.24) is 0 Å². The molecule has 1 N–H and O–H groups in total. The van der Waals surface area contributed by atoms with Gasteiger partial charge in [-0.15, -0.1) is 0 Å². The van der Waals surface area contributed by atoms with E-state index >= 15 is 0 Å². The van der Waals surface area contributed by atoms with Gasteiger partial charge in [0.25, 0.3) is 0 Å². The van der Waals surface area contributed by atoms with Crippen LogP contribution >= 0.6 is 0 Å². The Balaban J connectivity index is 2.45. The molecule has 0 atom stereocenters. The largest absolute Gasteiger partial charge is 0.507 e. The second-order valence-corrected chi connectivity index (χ2v) is 3.49. The van der Waals surface area contributed by atoms with Crippen LogP contribution in [0.2, 0.25) is 0 Å². The molecule has 0 saturated carbocycles. The van der Waals surface area contributed by atoms with Gasteiger partial charge in [0.2, 0.25) is 0 Å². The quantitative estimate of drug-likeness (QED) is 0.473. The second kappa shape index (κ2) is 4.55. The number of phenols is 1. The molecule has 0 aliphatic heterocycles. The summed E-state index contributed by atoms with van der Waals surface area (Å²) in [6.45, 7) is 0.436. The lowest BCUT2D eigenvalue weighted by Crippen LogP contribution is -1.90. The van der Waals surface area contributed by atoms with E-state index in [1.54, 1.807) is 6.07 Å². The Labute approximate surface area is 92.8 Å². The van der Waals surface area contributed by atoms with Crippen LogP contribution in [0.4, 0.5) is 0 Å². The molecule has 80 valence electrons. The summed E-state index contributed by atoms with van der Waals surface area (Å²) in [6.07, 6.45) is 0.685. The van der Waals surface area contributed by atoms with Gasteiger partial charge in [0.1, 0.15) is 5.75 Å². The highest BCUT2D eigenvalue weighted by Crippen LogP contribution is 2.26. The van der Waals surface area contributed by atoms with Gasteiger partial charge in [0.15, 0.2) is 0 Å². The molecule has 0 aromatic heterocycles. The molecule has 4 heteroatoms. The highest BCUT2D eigenvalue weighted by atomic mass is 16.3. The Bertz CT molecular complexity index is 559. The Morgan fingerprint density at radius 2 is 1.88 bits per heavy atom. The van der Waals surface area contributed by atoms with Gasteiger partial charge in [0.05, 0.1) is 0 Å². The van der Waals surface area contributed by atoms with Crippen LogP contribution in [0.3, 0.4) is 0 Å². The van der Waals surface area contributed by atoms with Crippen molar-refractivity contribution in [3.05, 3.63) is 52.4 Å². The maximum absolute atomic E-state index is 9.69. The molecule has 0 bridgehead atoms. The predicted molar refractivity (Wildman–Crippen MR) is 63.3 cm³/mol. The molecule has 0 amide bonds. The van der Waals surface area contributed by atoms with Crippen LogP contribution in [0.5, 0.6) is 5.75 Å². The van der Waals surface area contributed by atoms with Crippen LogP contribution in [0.1, 0.15) is 5.56 Å². The minimum atomic E-state index is 0.281. The highest BCUT2D eigenvalue weighted by Gasteiger charge is 2.02. The predicted octanol–water partition coefficient (Wildman–Crippen LogP) is 3.40. The third-order valence-electron chi connectivity index (χ3n) is 2.53. The van der Waals surface area contributed by atoms with Crippen molar-refractivity contribution in [1.29, 1.82) is 0 Å². The topological polar surface area (TPSA) is 69.0 Å². The van der Waals surface area contributed by atoms with Gasteiger partial charge in [-0.05, 0) is 29.0 Å². The SMILES string of the molecule is [N-]=[N+]=NCCc1cccc2c(O)cccc12. The summed E-state index contributed by atoms with van der Waals surface area (Å²) >= 11 is 0. The van der Waals surface area contributed by atoms with Crippen molar-refractivity contribution >= 4 is 10.8 Å². The van der Waals surface area contributed by atoms with Gasteiger partial charge in [-0.2, -0.15) is 0 Å². The zero-order valence-electron chi connectivity index (χ0n) is 8.67. The fraction of sp³-hybridized carbons (Fsp3) is 0.167. The van der Waals surface area contributed by atoms with Crippen molar-refractivity contribution < 1.29 is 5.11 Å². The third kappa shape index (κ3) is 1.92. The first-order valence-electron chi connectivity index (χ1n) is 5.03. The number of hydrogen-bond acceptors (Lipinski definition) is 2. The summed E-state index contributed by atoms with van der Waals surface area (Å²) in [6, 6.07) is 11.2. The molecule has 0 spiro atoms. The lowest BCUT2D eigenvalue weighted by molar-refractivity contribution is 0.481. The van der Waals surface area contributed by atoms with E-state index in [-0.39, 0.29) is 5.75 Å². The van der Waals surface area contributed by atoms with E-state index in [0.29, 0.717) is 13.0 Å². The van der Waals surface area contributed by atoms with Gasteiger partial charge in [-0.3, -0.25) is 0 Å². The average Bonchev–Trinajstić information content (AvgIpc) is 2.31. The van der Waals surface area contributed by atoms with Crippen LogP contribution in [0, 0.1) is 0 Å². The van der Waals surface area contributed by atoms with Crippen LogP contribution in [-0.4, -0.2) is 11.7 Å². The molecule has 0 radical (unpaired) electrons. The molecule has 2 aromatic rings. The molecule has 0 saturated heterocycles. The molecule has 0 fully saturated rings. The summed E-state index contributed by atoms with van der Waals surface area (Å²) in [5.41, 5.74) is 9.30. The van der Waals surface area contributed by atoms with Crippen molar-refractivity contribution in [3.8, 4) is 5.75 Å². The second-order valence-electron chi connectivity index (χ2n) is 3.49. The molecule has 4 nitrogen and oxygen atoms in total. The normalized spacial score (nSPS) is 10.0. The third-order valence-corrected chi connectivity index (χ3v) is 2.53.